The molecule has 0 aliphatic rings. The molecule has 0 aliphatic carbocycles. The van der Waals surface area contributed by atoms with Crippen molar-refractivity contribution in [2.24, 2.45) is 0 Å². The first-order valence-corrected chi connectivity index (χ1v) is 6.42. The van der Waals surface area contributed by atoms with Gasteiger partial charge < -0.3 is 10.1 Å². The van der Waals surface area contributed by atoms with E-state index in [0.29, 0.717) is 10.6 Å². The molecule has 110 valence electrons. The van der Waals surface area contributed by atoms with Crippen molar-refractivity contribution in [3.05, 3.63) is 45.0 Å². The Morgan fingerprint density at radius 1 is 1.50 bits per heavy atom. The minimum absolute atomic E-state index is 0.445. The number of halogens is 1. The van der Waals surface area contributed by atoms with Gasteiger partial charge in [0.1, 0.15) is 11.6 Å². The number of benzene rings is 1. The number of nitro groups is 1. The third-order valence-electron chi connectivity index (χ3n) is 2.27. The van der Waals surface area contributed by atoms with Gasteiger partial charge in [0, 0.05) is 9.95 Å². The zero-order valence-electron chi connectivity index (χ0n) is 11.6. The van der Waals surface area contributed by atoms with Gasteiger partial charge in [-0.3, -0.25) is 10.1 Å². The maximum absolute atomic E-state index is 11.7. The van der Waals surface area contributed by atoms with Crippen LogP contribution < -0.4 is 5.32 Å². The SMILES string of the molecule is CC(C)(C)OC(=O)N[C@H](C[N+](=O)[O-])c1cccc(Cl)c1. The molecule has 0 unspecified atom stereocenters. The predicted octanol–water partition coefficient (Wildman–Crippen LogP) is 3.18. The number of carbonyl (C=O) groups excluding carboxylic acids is 1. The van der Waals surface area contributed by atoms with Crippen molar-refractivity contribution in [2.45, 2.75) is 32.4 Å². The second-order valence-corrected chi connectivity index (χ2v) is 5.71. The molecule has 0 aromatic heterocycles. The molecule has 0 bridgehead atoms. The van der Waals surface area contributed by atoms with Gasteiger partial charge in [0.15, 0.2) is 0 Å². The van der Waals surface area contributed by atoms with Crippen LogP contribution in [0.25, 0.3) is 0 Å². The highest BCUT2D eigenvalue weighted by Gasteiger charge is 2.24. The lowest BCUT2D eigenvalue weighted by molar-refractivity contribution is -0.484. The van der Waals surface area contributed by atoms with E-state index < -0.39 is 29.2 Å². The lowest BCUT2D eigenvalue weighted by Gasteiger charge is -2.22. The van der Waals surface area contributed by atoms with Gasteiger partial charge >= 0.3 is 6.09 Å². The van der Waals surface area contributed by atoms with E-state index in [9.17, 15) is 14.9 Å². The Hall–Kier alpha value is -1.82. The van der Waals surface area contributed by atoms with Crippen LogP contribution in [0.3, 0.4) is 0 Å². The average Bonchev–Trinajstić information content (AvgIpc) is 2.24. The summed E-state index contributed by atoms with van der Waals surface area (Å²) in [6.45, 7) is 4.71. The van der Waals surface area contributed by atoms with Crippen molar-refractivity contribution in [1.29, 1.82) is 0 Å². The summed E-state index contributed by atoms with van der Waals surface area (Å²) in [7, 11) is 0. The van der Waals surface area contributed by atoms with Crippen LogP contribution in [-0.2, 0) is 4.74 Å². The molecule has 20 heavy (non-hydrogen) atoms. The van der Waals surface area contributed by atoms with Gasteiger partial charge in [-0.05, 0) is 38.5 Å². The van der Waals surface area contributed by atoms with Gasteiger partial charge in [-0.15, -0.1) is 0 Å². The van der Waals surface area contributed by atoms with E-state index in [1.54, 1.807) is 45.0 Å². The van der Waals surface area contributed by atoms with Crippen molar-refractivity contribution in [1.82, 2.24) is 5.32 Å². The zero-order valence-corrected chi connectivity index (χ0v) is 12.3. The molecule has 1 N–H and O–H groups in total. The molecule has 6 nitrogen and oxygen atoms in total. The Balaban J connectivity index is 2.85. The number of ether oxygens (including phenoxy) is 1. The molecule has 1 aromatic rings. The summed E-state index contributed by atoms with van der Waals surface area (Å²) in [5, 5.41) is 13.6. The van der Waals surface area contributed by atoms with Crippen LogP contribution in [0.5, 0.6) is 0 Å². The molecule has 7 heteroatoms. The Bertz CT molecular complexity index is 499. The molecule has 1 rings (SSSR count). The van der Waals surface area contributed by atoms with Crippen molar-refractivity contribution in [3.8, 4) is 0 Å². The van der Waals surface area contributed by atoms with Crippen LogP contribution >= 0.6 is 11.6 Å². The third kappa shape index (κ3) is 5.88. The Kier molecular flexibility index (Phi) is 5.33. The van der Waals surface area contributed by atoms with Crippen LogP contribution in [-0.4, -0.2) is 23.2 Å². The molecule has 0 saturated carbocycles. The van der Waals surface area contributed by atoms with Crippen LogP contribution in [0.4, 0.5) is 4.79 Å². The number of nitrogens with zero attached hydrogens (tertiary/aromatic N) is 1. The van der Waals surface area contributed by atoms with E-state index in [4.69, 9.17) is 16.3 Å². The van der Waals surface area contributed by atoms with Gasteiger partial charge in [0.25, 0.3) is 0 Å². The van der Waals surface area contributed by atoms with Crippen molar-refractivity contribution < 1.29 is 14.5 Å². The van der Waals surface area contributed by atoms with Gasteiger partial charge in [-0.25, -0.2) is 4.79 Å². The lowest BCUT2D eigenvalue weighted by atomic mass is 10.1. The van der Waals surface area contributed by atoms with Crippen LogP contribution in [0, 0.1) is 10.1 Å². The van der Waals surface area contributed by atoms with E-state index >= 15 is 0 Å². The molecule has 1 aromatic carbocycles. The zero-order chi connectivity index (χ0) is 15.3. The molecular weight excluding hydrogens is 284 g/mol. The monoisotopic (exact) mass is 300 g/mol. The summed E-state index contributed by atoms with van der Waals surface area (Å²) in [5.41, 5.74) is -0.113. The standard InChI is InChI=1S/C13H17ClN2O4/c1-13(2,3)20-12(17)15-11(8-16(18)19)9-5-4-6-10(14)7-9/h4-7,11H,8H2,1-3H3,(H,15,17)/t11-/m1/s1. The van der Waals surface area contributed by atoms with Crippen LogP contribution in [0.2, 0.25) is 5.02 Å². The Morgan fingerprint density at radius 2 is 2.15 bits per heavy atom. The van der Waals surface area contributed by atoms with Crippen molar-refractivity contribution in [3.63, 3.8) is 0 Å². The molecule has 1 amide bonds. The minimum atomic E-state index is -0.793. The molecule has 0 spiro atoms. The number of carbonyl (C=O) groups is 1. The molecule has 0 heterocycles. The van der Waals surface area contributed by atoms with Gasteiger partial charge in [0.2, 0.25) is 6.54 Å². The predicted molar refractivity (Wildman–Crippen MR) is 75.4 cm³/mol. The van der Waals surface area contributed by atoms with E-state index in [1.165, 1.54) is 0 Å². The summed E-state index contributed by atoms with van der Waals surface area (Å²) in [6, 6.07) is 5.77. The topological polar surface area (TPSA) is 81.5 Å². The van der Waals surface area contributed by atoms with E-state index in [0.717, 1.165) is 0 Å². The second kappa shape index (κ2) is 6.56. The maximum atomic E-state index is 11.7. The number of alkyl carbamates (subject to hydrolysis) is 1. The summed E-state index contributed by atoms with van der Waals surface area (Å²) in [4.78, 5) is 21.9. The van der Waals surface area contributed by atoms with Crippen molar-refractivity contribution in [2.75, 3.05) is 6.54 Å². The first-order chi connectivity index (χ1) is 9.17. The normalized spacial score (nSPS) is 12.6. The molecule has 1 atom stereocenters. The Labute approximate surface area is 122 Å². The van der Waals surface area contributed by atoms with Crippen LogP contribution in [0.1, 0.15) is 32.4 Å². The number of amides is 1. The number of hydrogen-bond acceptors (Lipinski definition) is 4. The first-order valence-electron chi connectivity index (χ1n) is 6.04. The first kappa shape index (κ1) is 16.2. The molecule has 0 saturated heterocycles. The molecular formula is C13H17ClN2O4. The fraction of sp³-hybridized carbons (Fsp3) is 0.462. The highest BCUT2D eigenvalue weighted by molar-refractivity contribution is 6.30. The third-order valence-corrected chi connectivity index (χ3v) is 2.51. The minimum Gasteiger partial charge on any atom is -0.444 e. The number of hydrogen-bond donors (Lipinski definition) is 1. The fourth-order valence-electron chi connectivity index (χ4n) is 1.56. The summed E-state index contributed by atoms with van der Waals surface area (Å²) < 4.78 is 5.10. The molecule has 0 aliphatic heterocycles. The fourth-order valence-corrected chi connectivity index (χ4v) is 1.76. The summed E-state index contributed by atoms with van der Waals surface area (Å²) in [6.07, 6.45) is -0.704. The summed E-state index contributed by atoms with van der Waals surface area (Å²) >= 11 is 5.85. The highest BCUT2D eigenvalue weighted by Crippen LogP contribution is 2.19. The largest absolute Gasteiger partial charge is 0.444 e. The van der Waals surface area contributed by atoms with Crippen LogP contribution in [0.15, 0.2) is 24.3 Å². The number of nitrogens with one attached hydrogen (secondary N) is 1. The highest BCUT2D eigenvalue weighted by atomic mass is 35.5. The molecule has 0 radical (unpaired) electrons. The quantitative estimate of drug-likeness (QED) is 0.684. The van der Waals surface area contributed by atoms with Gasteiger partial charge in [-0.2, -0.15) is 0 Å². The van der Waals surface area contributed by atoms with Gasteiger partial charge in [-0.1, -0.05) is 23.7 Å². The molecule has 0 fully saturated rings. The second-order valence-electron chi connectivity index (χ2n) is 5.27. The van der Waals surface area contributed by atoms with Gasteiger partial charge in [0.05, 0.1) is 0 Å². The number of rotatable bonds is 4. The average molecular weight is 301 g/mol. The van der Waals surface area contributed by atoms with E-state index in [1.807, 2.05) is 0 Å². The van der Waals surface area contributed by atoms with E-state index in [2.05, 4.69) is 5.32 Å². The maximum Gasteiger partial charge on any atom is 0.408 e. The smallest absolute Gasteiger partial charge is 0.408 e. The van der Waals surface area contributed by atoms with Crippen molar-refractivity contribution >= 4 is 17.7 Å². The summed E-state index contributed by atoms with van der Waals surface area (Å²) in [5.74, 6) is 0. The lowest BCUT2D eigenvalue weighted by Crippen LogP contribution is -2.37. The van der Waals surface area contributed by atoms with E-state index in [-0.39, 0.29) is 0 Å². The Morgan fingerprint density at radius 3 is 2.65 bits per heavy atom.